The molecule has 0 aliphatic carbocycles. The van der Waals surface area contributed by atoms with Crippen LogP contribution in [-0.4, -0.2) is 12.7 Å². The van der Waals surface area contributed by atoms with E-state index >= 15 is 0 Å². The van der Waals surface area contributed by atoms with Crippen LogP contribution in [-0.2, 0) is 0 Å². The molecule has 2 heterocycles. The zero-order chi connectivity index (χ0) is 13.4. The summed E-state index contributed by atoms with van der Waals surface area (Å²) in [5.41, 5.74) is 6.67. The molecular weight excluding hydrogens is 316 g/mol. The van der Waals surface area contributed by atoms with E-state index in [0.717, 1.165) is 0 Å². The molecule has 2 aromatic rings. The van der Waals surface area contributed by atoms with E-state index in [2.05, 4.69) is 21.2 Å². The van der Waals surface area contributed by atoms with Crippen molar-refractivity contribution in [3.8, 4) is 11.5 Å². The Hall–Kier alpha value is -2.15. The van der Waals surface area contributed by atoms with Gasteiger partial charge >= 0.3 is 0 Å². The second kappa shape index (κ2) is 4.51. The van der Waals surface area contributed by atoms with Crippen molar-refractivity contribution in [3.63, 3.8) is 0 Å². The van der Waals surface area contributed by atoms with Gasteiger partial charge < -0.3 is 24.9 Å². The lowest BCUT2D eigenvalue weighted by Gasteiger charge is -2.08. The fraction of sp³-hybridized carbons (Fsp3) is 0.0833. The van der Waals surface area contributed by atoms with Crippen LogP contribution in [0.3, 0.4) is 0 Å². The third-order valence-corrected chi connectivity index (χ3v) is 3.02. The predicted octanol–water partition coefficient (Wildman–Crippen LogP) is 2.61. The van der Waals surface area contributed by atoms with Gasteiger partial charge in [-0.05, 0) is 28.1 Å². The number of halogens is 1. The minimum absolute atomic E-state index is 0.150. The monoisotopic (exact) mass is 324 g/mol. The Morgan fingerprint density at radius 3 is 2.68 bits per heavy atom. The normalized spacial score (nSPS) is 12.5. The van der Waals surface area contributed by atoms with Gasteiger partial charge in [0.05, 0.1) is 11.4 Å². The van der Waals surface area contributed by atoms with E-state index in [0.29, 0.717) is 27.5 Å². The molecule has 0 bridgehead atoms. The van der Waals surface area contributed by atoms with Crippen molar-refractivity contribution < 1.29 is 18.7 Å². The number of nitrogen functional groups attached to an aromatic ring is 1. The number of furan rings is 1. The average molecular weight is 325 g/mol. The zero-order valence-corrected chi connectivity index (χ0v) is 11.2. The highest BCUT2D eigenvalue weighted by atomic mass is 79.9. The quantitative estimate of drug-likeness (QED) is 0.829. The van der Waals surface area contributed by atoms with E-state index in [1.54, 1.807) is 24.3 Å². The Morgan fingerprint density at radius 2 is 2.00 bits per heavy atom. The molecule has 1 aliphatic heterocycles. The van der Waals surface area contributed by atoms with E-state index < -0.39 is 5.91 Å². The van der Waals surface area contributed by atoms with Crippen molar-refractivity contribution in [2.24, 2.45) is 0 Å². The number of hydrogen-bond donors (Lipinski definition) is 2. The number of amides is 1. The van der Waals surface area contributed by atoms with Crippen molar-refractivity contribution in [1.29, 1.82) is 0 Å². The van der Waals surface area contributed by atoms with Gasteiger partial charge in [0.25, 0.3) is 5.91 Å². The minimum Gasteiger partial charge on any atom is -0.454 e. The van der Waals surface area contributed by atoms with Gasteiger partial charge in [-0.3, -0.25) is 4.79 Å². The second-order valence-electron chi connectivity index (χ2n) is 3.85. The molecule has 6 nitrogen and oxygen atoms in total. The molecule has 1 aliphatic rings. The molecule has 3 rings (SSSR count). The number of nitrogens with two attached hydrogens (primary N) is 1. The standard InChI is InChI=1S/C12H9BrN2O4/c13-11-2-1-8(19-11)12(16)15-7-4-10-9(3-6(7)14)17-5-18-10/h1-4H,5,14H2,(H,15,16). The molecule has 1 amide bonds. The summed E-state index contributed by atoms with van der Waals surface area (Å²) in [5.74, 6) is 0.904. The third-order valence-electron chi connectivity index (χ3n) is 2.59. The SMILES string of the molecule is Nc1cc2c(cc1NC(=O)c1ccc(Br)o1)OCO2. The number of hydrogen-bond acceptors (Lipinski definition) is 5. The van der Waals surface area contributed by atoms with Crippen LogP contribution in [0.1, 0.15) is 10.6 Å². The van der Waals surface area contributed by atoms with Crippen LogP contribution in [0.4, 0.5) is 11.4 Å². The Labute approximate surface area is 116 Å². The maximum atomic E-state index is 11.9. The fourth-order valence-electron chi connectivity index (χ4n) is 1.69. The van der Waals surface area contributed by atoms with Crippen LogP contribution in [0, 0.1) is 0 Å². The maximum Gasteiger partial charge on any atom is 0.291 e. The van der Waals surface area contributed by atoms with Gasteiger partial charge in [0, 0.05) is 12.1 Å². The van der Waals surface area contributed by atoms with Crippen molar-refractivity contribution in [2.75, 3.05) is 17.8 Å². The molecule has 0 fully saturated rings. The van der Waals surface area contributed by atoms with Crippen LogP contribution in [0.15, 0.2) is 33.4 Å². The zero-order valence-electron chi connectivity index (χ0n) is 9.60. The van der Waals surface area contributed by atoms with Crippen molar-refractivity contribution in [1.82, 2.24) is 0 Å². The fourth-order valence-corrected chi connectivity index (χ4v) is 1.99. The summed E-state index contributed by atoms with van der Waals surface area (Å²) in [6.45, 7) is 0.150. The van der Waals surface area contributed by atoms with Crippen LogP contribution in [0.2, 0.25) is 0 Å². The van der Waals surface area contributed by atoms with E-state index in [-0.39, 0.29) is 12.6 Å². The van der Waals surface area contributed by atoms with E-state index in [1.807, 2.05) is 0 Å². The molecule has 0 radical (unpaired) electrons. The molecular formula is C12H9BrN2O4. The molecule has 98 valence electrons. The van der Waals surface area contributed by atoms with Crippen LogP contribution >= 0.6 is 15.9 Å². The summed E-state index contributed by atoms with van der Waals surface area (Å²) in [6.07, 6.45) is 0. The lowest BCUT2D eigenvalue weighted by Crippen LogP contribution is -2.12. The van der Waals surface area contributed by atoms with E-state index in [4.69, 9.17) is 19.6 Å². The third kappa shape index (κ3) is 2.24. The molecule has 3 N–H and O–H groups in total. The number of rotatable bonds is 2. The second-order valence-corrected chi connectivity index (χ2v) is 4.63. The first-order valence-corrected chi connectivity index (χ1v) is 6.18. The Morgan fingerprint density at radius 1 is 1.26 bits per heavy atom. The maximum absolute atomic E-state index is 11.9. The van der Waals surface area contributed by atoms with Gasteiger partial charge in [-0.2, -0.15) is 0 Å². The Bertz CT molecular complexity index is 653. The molecule has 0 spiro atoms. The van der Waals surface area contributed by atoms with Gasteiger partial charge in [-0.25, -0.2) is 0 Å². The molecule has 1 aromatic heterocycles. The topological polar surface area (TPSA) is 86.7 Å². The van der Waals surface area contributed by atoms with Gasteiger partial charge in [0.1, 0.15) is 0 Å². The molecule has 0 saturated carbocycles. The lowest BCUT2D eigenvalue weighted by atomic mass is 10.2. The van der Waals surface area contributed by atoms with Crippen LogP contribution in [0.25, 0.3) is 0 Å². The van der Waals surface area contributed by atoms with Gasteiger partial charge in [-0.1, -0.05) is 0 Å². The summed E-state index contributed by atoms with van der Waals surface area (Å²) < 4.78 is 16.1. The van der Waals surface area contributed by atoms with Crippen LogP contribution < -0.4 is 20.5 Å². The first-order valence-electron chi connectivity index (χ1n) is 5.39. The number of fused-ring (bicyclic) bond motifs is 1. The van der Waals surface area contributed by atoms with E-state index in [1.165, 1.54) is 0 Å². The summed E-state index contributed by atoms with van der Waals surface area (Å²) in [6, 6.07) is 6.42. The molecule has 19 heavy (non-hydrogen) atoms. The van der Waals surface area contributed by atoms with Crippen molar-refractivity contribution in [3.05, 3.63) is 34.7 Å². The van der Waals surface area contributed by atoms with Crippen LogP contribution in [0.5, 0.6) is 11.5 Å². The number of carbonyl (C=O) groups excluding carboxylic acids is 1. The van der Waals surface area contributed by atoms with Crippen molar-refractivity contribution in [2.45, 2.75) is 0 Å². The number of ether oxygens (including phenoxy) is 2. The minimum atomic E-state index is -0.392. The first-order chi connectivity index (χ1) is 9.13. The summed E-state index contributed by atoms with van der Waals surface area (Å²) in [4.78, 5) is 11.9. The van der Waals surface area contributed by atoms with Crippen molar-refractivity contribution >= 4 is 33.2 Å². The largest absolute Gasteiger partial charge is 0.454 e. The Balaban J connectivity index is 1.85. The lowest BCUT2D eigenvalue weighted by molar-refractivity contribution is 0.0995. The molecule has 0 unspecified atom stereocenters. The Kier molecular flexibility index (Phi) is 2.83. The average Bonchev–Trinajstić information content (AvgIpc) is 2.98. The summed E-state index contributed by atoms with van der Waals surface area (Å²) in [5, 5.41) is 2.66. The molecule has 7 heteroatoms. The number of nitrogens with one attached hydrogen (secondary N) is 1. The first kappa shape index (κ1) is 11.9. The molecule has 1 aromatic carbocycles. The highest BCUT2D eigenvalue weighted by Gasteiger charge is 2.18. The smallest absolute Gasteiger partial charge is 0.291 e. The number of carbonyl (C=O) groups is 1. The highest BCUT2D eigenvalue weighted by Crippen LogP contribution is 2.38. The van der Waals surface area contributed by atoms with Gasteiger partial charge in [-0.15, -0.1) is 0 Å². The van der Waals surface area contributed by atoms with Gasteiger partial charge in [0.2, 0.25) is 6.79 Å². The molecule has 0 atom stereocenters. The summed E-state index contributed by atoms with van der Waals surface area (Å²) >= 11 is 3.13. The predicted molar refractivity (Wildman–Crippen MR) is 71.3 cm³/mol. The van der Waals surface area contributed by atoms with Gasteiger partial charge in [0.15, 0.2) is 21.9 Å². The molecule has 0 saturated heterocycles. The van der Waals surface area contributed by atoms with E-state index in [9.17, 15) is 4.79 Å². The summed E-state index contributed by atoms with van der Waals surface area (Å²) in [7, 11) is 0. The highest BCUT2D eigenvalue weighted by molar-refractivity contribution is 9.10. The number of anilines is 2. The number of benzene rings is 1.